The van der Waals surface area contributed by atoms with E-state index >= 15 is 0 Å². The Morgan fingerprint density at radius 1 is 1.56 bits per heavy atom. The molecule has 84 valence electrons. The molecule has 1 rings (SSSR count). The van der Waals surface area contributed by atoms with Gasteiger partial charge in [0.15, 0.2) is 0 Å². The molecule has 1 aromatic heterocycles. The van der Waals surface area contributed by atoms with Gasteiger partial charge in [0.25, 0.3) is 0 Å². The first-order valence-electron chi connectivity index (χ1n) is 4.71. The summed E-state index contributed by atoms with van der Waals surface area (Å²) >= 11 is 0. The normalized spacial score (nSPS) is 11.1. The Balaban J connectivity index is 3.25. The fraction of sp³-hybridized carbons (Fsp3) is 0.364. The maximum Gasteiger partial charge on any atom is 0.348 e. The van der Waals surface area contributed by atoms with Crippen LogP contribution in [0.15, 0.2) is 5.57 Å². The van der Waals surface area contributed by atoms with Gasteiger partial charge in [-0.05, 0) is 19.9 Å². The van der Waals surface area contributed by atoms with Crippen LogP contribution in [0.25, 0.3) is 6.08 Å². The van der Waals surface area contributed by atoms with Crippen molar-refractivity contribution < 1.29 is 9.53 Å². The van der Waals surface area contributed by atoms with Gasteiger partial charge in [0, 0.05) is 18.3 Å². The number of esters is 1. The van der Waals surface area contributed by atoms with Crippen molar-refractivity contribution in [1.29, 1.82) is 5.26 Å². The standard InChI is InChI=1S/C11H13N3O2/c1-7-10(8(2)14(3)13-7)5-9(6-12)11(15)16-4/h5H,1-4H3. The highest BCUT2D eigenvalue weighted by Gasteiger charge is 2.13. The highest BCUT2D eigenvalue weighted by molar-refractivity contribution is 5.98. The van der Waals surface area contributed by atoms with Crippen LogP contribution in [0.1, 0.15) is 17.0 Å². The number of ether oxygens (including phenoxy) is 1. The van der Waals surface area contributed by atoms with Gasteiger partial charge in [0.2, 0.25) is 0 Å². The van der Waals surface area contributed by atoms with Crippen molar-refractivity contribution in [3.05, 3.63) is 22.5 Å². The SMILES string of the molecule is COC(=O)C(C#N)=Cc1c(C)nn(C)c1C. The molecular formula is C11H13N3O2. The molecule has 0 amide bonds. The average molecular weight is 219 g/mol. The summed E-state index contributed by atoms with van der Waals surface area (Å²) in [5, 5.41) is 13.0. The van der Waals surface area contributed by atoms with Crippen LogP contribution in [0.3, 0.4) is 0 Å². The first kappa shape index (κ1) is 12.0. The molecule has 0 saturated heterocycles. The predicted octanol–water partition coefficient (Wildman–Crippen LogP) is 1.12. The molecule has 0 aliphatic rings. The number of rotatable bonds is 2. The molecule has 0 N–H and O–H groups in total. The van der Waals surface area contributed by atoms with Crippen LogP contribution in [-0.4, -0.2) is 22.9 Å². The van der Waals surface area contributed by atoms with Crippen LogP contribution in [0.5, 0.6) is 0 Å². The fourth-order valence-electron chi connectivity index (χ4n) is 1.39. The molecule has 5 nitrogen and oxygen atoms in total. The number of hydrogen-bond acceptors (Lipinski definition) is 4. The topological polar surface area (TPSA) is 67.9 Å². The molecular weight excluding hydrogens is 206 g/mol. The smallest absolute Gasteiger partial charge is 0.348 e. The van der Waals surface area contributed by atoms with E-state index in [0.717, 1.165) is 17.0 Å². The van der Waals surface area contributed by atoms with Gasteiger partial charge in [-0.2, -0.15) is 10.4 Å². The van der Waals surface area contributed by atoms with Crippen LogP contribution in [0.2, 0.25) is 0 Å². The van der Waals surface area contributed by atoms with Crippen molar-refractivity contribution in [1.82, 2.24) is 9.78 Å². The van der Waals surface area contributed by atoms with Gasteiger partial charge in [-0.3, -0.25) is 4.68 Å². The monoisotopic (exact) mass is 219 g/mol. The molecule has 0 bridgehead atoms. The van der Waals surface area contributed by atoms with Crippen molar-refractivity contribution in [2.24, 2.45) is 7.05 Å². The lowest BCUT2D eigenvalue weighted by atomic mass is 10.1. The van der Waals surface area contributed by atoms with E-state index in [9.17, 15) is 4.79 Å². The number of hydrogen-bond donors (Lipinski definition) is 0. The second kappa shape index (κ2) is 4.62. The Kier molecular flexibility index (Phi) is 3.46. The average Bonchev–Trinajstić information content (AvgIpc) is 2.50. The van der Waals surface area contributed by atoms with Crippen LogP contribution >= 0.6 is 0 Å². The lowest BCUT2D eigenvalue weighted by Gasteiger charge is -1.97. The van der Waals surface area contributed by atoms with Crippen molar-refractivity contribution in [3.8, 4) is 6.07 Å². The zero-order valence-electron chi connectivity index (χ0n) is 9.74. The zero-order chi connectivity index (χ0) is 12.3. The Morgan fingerprint density at radius 3 is 2.56 bits per heavy atom. The quantitative estimate of drug-likeness (QED) is 0.424. The molecule has 0 unspecified atom stereocenters. The number of carbonyl (C=O) groups excluding carboxylic acids is 1. The minimum absolute atomic E-state index is 0.0262. The Bertz CT molecular complexity index is 492. The number of aryl methyl sites for hydroxylation is 2. The Hall–Kier alpha value is -2.09. The summed E-state index contributed by atoms with van der Waals surface area (Å²) in [5.74, 6) is -0.634. The molecule has 0 aliphatic heterocycles. The summed E-state index contributed by atoms with van der Waals surface area (Å²) in [6.45, 7) is 3.70. The van der Waals surface area contributed by atoms with Gasteiger partial charge in [0.1, 0.15) is 11.6 Å². The van der Waals surface area contributed by atoms with Crippen LogP contribution in [0, 0.1) is 25.2 Å². The summed E-state index contributed by atoms with van der Waals surface area (Å²) in [5.41, 5.74) is 2.43. The molecule has 0 aliphatic carbocycles. The van der Waals surface area contributed by atoms with Crippen LogP contribution in [-0.2, 0) is 16.6 Å². The molecule has 16 heavy (non-hydrogen) atoms. The summed E-state index contributed by atoms with van der Waals surface area (Å²) in [6.07, 6.45) is 1.50. The highest BCUT2D eigenvalue weighted by atomic mass is 16.5. The van der Waals surface area contributed by atoms with E-state index in [2.05, 4.69) is 9.84 Å². The number of methoxy groups -OCH3 is 1. The lowest BCUT2D eigenvalue weighted by molar-refractivity contribution is -0.135. The minimum Gasteiger partial charge on any atom is -0.465 e. The van der Waals surface area contributed by atoms with Crippen molar-refractivity contribution in [2.75, 3.05) is 7.11 Å². The summed E-state index contributed by atoms with van der Waals surface area (Å²) in [4.78, 5) is 11.2. The van der Waals surface area contributed by atoms with E-state index < -0.39 is 5.97 Å². The van der Waals surface area contributed by atoms with Gasteiger partial charge in [-0.15, -0.1) is 0 Å². The summed E-state index contributed by atoms with van der Waals surface area (Å²) < 4.78 is 6.21. The van der Waals surface area contributed by atoms with Gasteiger partial charge in [-0.25, -0.2) is 4.79 Å². The second-order valence-corrected chi connectivity index (χ2v) is 3.37. The minimum atomic E-state index is -0.634. The van der Waals surface area contributed by atoms with Gasteiger partial charge < -0.3 is 4.74 Å². The molecule has 0 atom stereocenters. The first-order valence-corrected chi connectivity index (χ1v) is 4.71. The molecule has 0 radical (unpaired) electrons. The second-order valence-electron chi connectivity index (χ2n) is 3.37. The molecule has 1 heterocycles. The predicted molar refractivity (Wildman–Crippen MR) is 58.3 cm³/mol. The van der Waals surface area contributed by atoms with Crippen molar-refractivity contribution in [2.45, 2.75) is 13.8 Å². The lowest BCUT2D eigenvalue weighted by Crippen LogP contribution is -2.02. The molecule has 0 aromatic carbocycles. The van der Waals surface area contributed by atoms with E-state index in [0.29, 0.717) is 0 Å². The van der Waals surface area contributed by atoms with E-state index in [-0.39, 0.29) is 5.57 Å². The third-order valence-electron chi connectivity index (χ3n) is 2.38. The van der Waals surface area contributed by atoms with Gasteiger partial charge in [-0.1, -0.05) is 0 Å². The van der Waals surface area contributed by atoms with Crippen LogP contribution in [0.4, 0.5) is 0 Å². The van der Waals surface area contributed by atoms with Crippen LogP contribution < -0.4 is 0 Å². The molecule has 0 fully saturated rings. The third-order valence-corrected chi connectivity index (χ3v) is 2.38. The van der Waals surface area contributed by atoms with Gasteiger partial charge in [0.05, 0.1) is 12.8 Å². The van der Waals surface area contributed by atoms with E-state index in [1.165, 1.54) is 13.2 Å². The van der Waals surface area contributed by atoms with E-state index in [1.54, 1.807) is 4.68 Å². The van der Waals surface area contributed by atoms with Gasteiger partial charge >= 0.3 is 5.97 Å². The largest absolute Gasteiger partial charge is 0.465 e. The molecule has 0 spiro atoms. The number of nitriles is 1. The highest BCUT2D eigenvalue weighted by Crippen LogP contribution is 2.16. The first-order chi connectivity index (χ1) is 7.51. The third kappa shape index (κ3) is 2.11. The zero-order valence-corrected chi connectivity index (χ0v) is 9.74. The van der Waals surface area contributed by atoms with E-state index in [4.69, 9.17) is 5.26 Å². The van der Waals surface area contributed by atoms with E-state index in [1.807, 2.05) is 27.0 Å². The summed E-state index contributed by atoms with van der Waals surface area (Å²) in [7, 11) is 3.06. The Labute approximate surface area is 93.9 Å². The number of carbonyl (C=O) groups is 1. The number of aromatic nitrogens is 2. The molecule has 5 heteroatoms. The van der Waals surface area contributed by atoms with Crippen molar-refractivity contribution >= 4 is 12.0 Å². The maximum atomic E-state index is 11.2. The summed E-state index contributed by atoms with van der Waals surface area (Å²) in [6, 6.07) is 1.81. The molecule has 0 saturated carbocycles. The maximum absolute atomic E-state index is 11.2. The Morgan fingerprint density at radius 2 is 2.19 bits per heavy atom. The fourth-order valence-corrected chi connectivity index (χ4v) is 1.39. The van der Waals surface area contributed by atoms with Crippen molar-refractivity contribution in [3.63, 3.8) is 0 Å². The number of nitrogens with zero attached hydrogens (tertiary/aromatic N) is 3. The molecule has 1 aromatic rings.